The van der Waals surface area contributed by atoms with E-state index < -0.39 is 4.92 Å². The Morgan fingerprint density at radius 3 is 2.96 bits per heavy atom. The molecule has 0 fully saturated rings. The van der Waals surface area contributed by atoms with Gasteiger partial charge in [-0.05, 0) is 30.2 Å². The minimum Gasteiger partial charge on any atom is -0.366 e. The van der Waals surface area contributed by atoms with Gasteiger partial charge < -0.3 is 9.88 Å². The number of H-pyrrole nitrogens is 1. The number of hydrogen-bond donors (Lipinski definition) is 1. The zero-order valence-electron chi connectivity index (χ0n) is 13.8. The summed E-state index contributed by atoms with van der Waals surface area (Å²) in [5.41, 5.74) is 4.25. The molecule has 128 valence electrons. The number of benzene rings is 1. The molecule has 26 heavy (non-hydrogen) atoms. The first-order valence-electron chi connectivity index (χ1n) is 8.22. The van der Waals surface area contributed by atoms with Crippen molar-refractivity contribution in [1.29, 1.82) is 5.26 Å². The molecule has 1 aromatic carbocycles. The summed E-state index contributed by atoms with van der Waals surface area (Å²) in [6, 6.07) is 10.5. The predicted octanol–water partition coefficient (Wildman–Crippen LogP) is 3.64. The fourth-order valence-electron chi connectivity index (χ4n) is 3.36. The normalized spacial score (nSPS) is 14.1. The Morgan fingerprint density at radius 1 is 1.35 bits per heavy atom. The van der Waals surface area contributed by atoms with Crippen LogP contribution >= 0.6 is 0 Å². The molecule has 7 heteroatoms. The highest BCUT2D eigenvalue weighted by molar-refractivity contribution is 5.91. The third kappa shape index (κ3) is 2.67. The van der Waals surface area contributed by atoms with Crippen LogP contribution in [0.1, 0.15) is 17.5 Å². The van der Waals surface area contributed by atoms with Gasteiger partial charge in [0.1, 0.15) is 11.7 Å². The molecule has 1 N–H and O–H groups in total. The molecule has 0 spiro atoms. The fourth-order valence-corrected chi connectivity index (χ4v) is 3.36. The number of rotatable bonds is 3. The number of aromatic nitrogens is 2. The van der Waals surface area contributed by atoms with Gasteiger partial charge in [-0.2, -0.15) is 5.26 Å². The SMILES string of the molecule is N#Cc1cc([N+](=O)[O-])ccc1N1CC=C(c2c[nH]c3ncccc23)CC1. The monoisotopic (exact) mass is 345 g/mol. The molecule has 1 aliphatic heterocycles. The summed E-state index contributed by atoms with van der Waals surface area (Å²) in [7, 11) is 0. The summed E-state index contributed by atoms with van der Waals surface area (Å²) in [4.78, 5) is 20.0. The number of nitrogens with zero attached hydrogens (tertiary/aromatic N) is 4. The van der Waals surface area contributed by atoms with Gasteiger partial charge in [-0.3, -0.25) is 10.1 Å². The molecule has 3 aromatic rings. The zero-order chi connectivity index (χ0) is 18.1. The Kier molecular flexibility index (Phi) is 3.86. The molecule has 0 aliphatic carbocycles. The van der Waals surface area contributed by atoms with Crippen LogP contribution in [0.2, 0.25) is 0 Å². The van der Waals surface area contributed by atoms with Crippen molar-refractivity contribution in [2.24, 2.45) is 0 Å². The number of anilines is 1. The Bertz CT molecular complexity index is 1080. The zero-order valence-corrected chi connectivity index (χ0v) is 13.8. The molecular formula is C19H15N5O2. The van der Waals surface area contributed by atoms with E-state index in [1.54, 1.807) is 12.3 Å². The van der Waals surface area contributed by atoms with Gasteiger partial charge in [0.15, 0.2) is 0 Å². The Labute approximate surface area is 149 Å². The maximum absolute atomic E-state index is 10.9. The fraction of sp³-hybridized carbons (Fsp3) is 0.158. The van der Waals surface area contributed by atoms with Gasteiger partial charge in [0, 0.05) is 48.6 Å². The van der Waals surface area contributed by atoms with Crippen molar-refractivity contribution in [3.05, 3.63) is 70.0 Å². The maximum Gasteiger partial charge on any atom is 0.270 e. The van der Waals surface area contributed by atoms with E-state index in [0.29, 0.717) is 12.1 Å². The topological polar surface area (TPSA) is 98.8 Å². The quantitative estimate of drug-likeness (QED) is 0.577. The molecule has 0 amide bonds. The Balaban J connectivity index is 1.62. The van der Waals surface area contributed by atoms with Crippen LogP contribution in [0.3, 0.4) is 0 Å². The smallest absolute Gasteiger partial charge is 0.270 e. The summed E-state index contributed by atoms with van der Waals surface area (Å²) in [6.07, 6.45) is 6.70. The second-order valence-corrected chi connectivity index (χ2v) is 6.10. The maximum atomic E-state index is 10.9. The van der Waals surface area contributed by atoms with Gasteiger partial charge in [-0.25, -0.2) is 4.98 Å². The van der Waals surface area contributed by atoms with E-state index in [9.17, 15) is 15.4 Å². The van der Waals surface area contributed by atoms with Crippen LogP contribution in [0.4, 0.5) is 11.4 Å². The van der Waals surface area contributed by atoms with E-state index in [1.165, 1.54) is 17.7 Å². The number of non-ortho nitro benzene ring substituents is 1. The molecule has 0 atom stereocenters. The summed E-state index contributed by atoms with van der Waals surface area (Å²) in [5, 5.41) is 21.4. The molecule has 7 nitrogen and oxygen atoms in total. The number of nitro benzene ring substituents is 1. The molecule has 1 aliphatic rings. The van der Waals surface area contributed by atoms with Crippen LogP contribution in [-0.4, -0.2) is 28.0 Å². The number of aromatic amines is 1. The van der Waals surface area contributed by atoms with Crippen LogP contribution < -0.4 is 4.90 Å². The number of nitro groups is 1. The minimum absolute atomic E-state index is 0.0650. The van der Waals surface area contributed by atoms with Crippen molar-refractivity contribution in [1.82, 2.24) is 9.97 Å². The van der Waals surface area contributed by atoms with Gasteiger partial charge in [-0.15, -0.1) is 0 Å². The van der Waals surface area contributed by atoms with Gasteiger partial charge in [0.05, 0.1) is 16.2 Å². The second kappa shape index (κ2) is 6.33. The van der Waals surface area contributed by atoms with E-state index in [2.05, 4.69) is 27.0 Å². The third-order valence-corrected chi connectivity index (χ3v) is 4.66. The van der Waals surface area contributed by atoms with Crippen LogP contribution in [0.5, 0.6) is 0 Å². The highest BCUT2D eigenvalue weighted by atomic mass is 16.6. The first-order chi connectivity index (χ1) is 12.7. The van der Waals surface area contributed by atoms with E-state index in [4.69, 9.17) is 0 Å². The number of nitriles is 1. The molecule has 4 rings (SSSR count). The molecular weight excluding hydrogens is 330 g/mol. The van der Waals surface area contributed by atoms with Crippen LogP contribution in [-0.2, 0) is 0 Å². The summed E-state index contributed by atoms with van der Waals surface area (Å²) in [6.45, 7) is 1.39. The van der Waals surface area contributed by atoms with Crippen molar-refractivity contribution in [2.75, 3.05) is 18.0 Å². The Hall–Kier alpha value is -3.66. The highest BCUT2D eigenvalue weighted by Crippen LogP contribution is 2.32. The van der Waals surface area contributed by atoms with Crippen LogP contribution in [0.15, 0.2) is 48.8 Å². The predicted molar refractivity (Wildman–Crippen MR) is 98.7 cm³/mol. The first-order valence-corrected chi connectivity index (χ1v) is 8.22. The van der Waals surface area contributed by atoms with Gasteiger partial charge in [-0.1, -0.05) is 6.08 Å². The first kappa shape index (κ1) is 15.8. The highest BCUT2D eigenvalue weighted by Gasteiger charge is 2.19. The molecule has 0 saturated carbocycles. The van der Waals surface area contributed by atoms with Gasteiger partial charge >= 0.3 is 0 Å². The van der Waals surface area contributed by atoms with Crippen molar-refractivity contribution < 1.29 is 4.92 Å². The lowest BCUT2D eigenvalue weighted by atomic mass is 9.99. The van der Waals surface area contributed by atoms with E-state index >= 15 is 0 Å². The molecule has 0 bridgehead atoms. The van der Waals surface area contributed by atoms with E-state index in [-0.39, 0.29) is 5.69 Å². The number of hydrogen-bond acceptors (Lipinski definition) is 5. The number of pyridine rings is 1. The van der Waals surface area contributed by atoms with Gasteiger partial charge in [0.2, 0.25) is 0 Å². The van der Waals surface area contributed by atoms with Gasteiger partial charge in [0.25, 0.3) is 5.69 Å². The molecule has 3 heterocycles. The second-order valence-electron chi connectivity index (χ2n) is 6.10. The van der Waals surface area contributed by atoms with Crippen LogP contribution in [0, 0.1) is 21.4 Å². The number of fused-ring (bicyclic) bond motifs is 1. The molecule has 0 radical (unpaired) electrons. The van der Waals surface area contributed by atoms with Crippen molar-refractivity contribution in [2.45, 2.75) is 6.42 Å². The van der Waals surface area contributed by atoms with Crippen molar-refractivity contribution in [3.8, 4) is 6.07 Å². The molecule has 2 aromatic heterocycles. The van der Waals surface area contributed by atoms with Crippen molar-refractivity contribution in [3.63, 3.8) is 0 Å². The van der Waals surface area contributed by atoms with E-state index in [1.807, 2.05) is 18.3 Å². The Morgan fingerprint density at radius 2 is 2.23 bits per heavy atom. The lowest BCUT2D eigenvalue weighted by molar-refractivity contribution is -0.384. The average Bonchev–Trinajstić information content (AvgIpc) is 3.11. The average molecular weight is 345 g/mol. The third-order valence-electron chi connectivity index (χ3n) is 4.66. The molecule has 0 unspecified atom stereocenters. The minimum atomic E-state index is -0.482. The van der Waals surface area contributed by atoms with E-state index in [0.717, 1.165) is 35.2 Å². The largest absolute Gasteiger partial charge is 0.366 e. The summed E-state index contributed by atoms with van der Waals surface area (Å²) in [5.74, 6) is 0. The summed E-state index contributed by atoms with van der Waals surface area (Å²) >= 11 is 0. The number of nitrogens with one attached hydrogen (secondary N) is 1. The lowest BCUT2D eigenvalue weighted by Crippen LogP contribution is -2.28. The standard InChI is InChI=1S/C19H15N5O2/c20-11-14-10-15(24(25)26)3-4-18(14)23-8-5-13(6-9-23)17-12-22-19-16(17)2-1-7-21-19/h1-5,7,10,12H,6,8-9H2,(H,21,22). The van der Waals surface area contributed by atoms with Crippen LogP contribution in [0.25, 0.3) is 16.6 Å². The summed E-state index contributed by atoms with van der Waals surface area (Å²) < 4.78 is 0. The lowest BCUT2D eigenvalue weighted by Gasteiger charge is -2.29. The molecule has 0 saturated heterocycles. The van der Waals surface area contributed by atoms with Crippen molar-refractivity contribution >= 4 is 28.0 Å².